The van der Waals surface area contributed by atoms with Gasteiger partial charge in [-0.25, -0.2) is 14.2 Å². The van der Waals surface area contributed by atoms with Crippen LogP contribution in [0.2, 0.25) is 0 Å². The monoisotopic (exact) mass is 265 g/mol. The zero-order valence-corrected chi connectivity index (χ0v) is 11.7. The van der Waals surface area contributed by atoms with Gasteiger partial charge in [-0.3, -0.25) is 9.36 Å². The van der Waals surface area contributed by atoms with Crippen LogP contribution in [0.3, 0.4) is 0 Å². The van der Waals surface area contributed by atoms with Crippen LogP contribution in [-0.4, -0.2) is 26.5 Å². The molecule has 19 heavy (non-hydrogen) atoms. The second-order valence-electron chi connectivity index (χ2n) is 3.62. The van der Waals surface area contributed by atoms with Gasteiger partial charge in [-0.1, -0.05) is 13.8 Å². The van der Waals surface area contributed by atoms with Gasteiger partial charge in [0.25, 0.3) is 0 Å². The van der Waals surface area contributed by atoms with Gasteiger partial charge in [0.2, 0.25) is 0 Å². The maximum atomic E-state index is 12.0. The summed E-state index contributed by atoms with van der Waals surface area (Å²) in [6.07, 6.45) is 3.16. The van der Waals surface area contributed by atoms with Crippen molar-refractivity contribution in [1.29, 1.82) is 0 Å². The van der Waals surface area contributed by atoms with Crippen LogP contribution in [0, 0.1) is 6.92 Å². The maximum Gasteiger partial charge on any atom is 0.334 e. The Kier molecular flexibility index (Phi) is 5.29. The Labute approximate surface area is 111 Å². The van der Waals surface area contributed by atoms with Crippen LogP contribution in [0.25, 0.3) is 5.65 Å². The van der Waals surface area contributed by atoms with E-state index in [0.29, 0.717) is 12.3 Å². The third kappa shape index (κ3) is 3.21. The van der Waals surface area contributed by atoms with Gasteiger partial charge in [-0.05, 0) is 19.9 Å². The molecule has 0 fully saturated rings. The van der Waals surface area contributed by atoms with Crippen LogP contribution in [0.5, 0.6) is 0 Å². The van der Waals surface area contributed by atoms with Gasteiger partial charge in [0, 0.05) is 18.1 Å². The van der Waals surface area contributed by atoms with Crippen LogP contribution in [0.4, 0.5) is 0 Å². The van der Waals surface area contributed by atoms with Crippen LogP contribution >= 0.6 is 0 Å². The molecular weight excluding hydrogens is 246 g/mol. The second-order valence-corrected chi connectivity index (χ2v) is 3.62. The first-order chi connectivity index (χ1) is 9.13. The van der Waals surface area contributed by atoms with E-state index in [1.54, 1.807) is 32.3 Å². The fraction of sp³-hybridized carbons (Fsp3) is 0.462. The highest BCUT2D eigenvalue weighted by atomic mass is 16.5. The molecule has 0 N–H and O–H groups in total. The van der Waals surface area contributed by atoms with Crippen LogP contribution in [-0.2, 0) is 16.1 Å². The van der Waals surface area contributed by atoms with Crippen LogP contribution in [0.15, 0.2) is 23.3 Å². The lowest BCUT2D eigenvalue weighted by atomic mass is 10.5. The molecule has 0 bridgehead atoms. The number of esters is 1. The zero-order chi connectivity index (χ0) is 14.4. The highest BCUT2D eigenvalue weighted by Crippen LogP contribution is 2.00. The molecule has 2 aromatic rings. The van der Waals surface area contributed by atoms with Gasteiger partial charge in [0.1, 0.15) is 12.2 Å². The van der Waals surface area contributed by atoms with E-state index < -0.39 is 5.97 Å². The van der Waals surface area contributed by atoms with Gasteiger partial charge in [-0.15, -0.1) is 0 Å². The Bertz CT molecular complexity index is 613. The number of aryl methyl sites for hydroxylation is 1. The number of aromatic nitrogens is 3. The number of ether oxygens (including phenoxy) is 1. The van der Waals surface area contributed by atoms with E-state index in [0.717, 1.165) is 5.69 Å². The summed E-state index contributed by atoms with van der Waals surface area (Å²) in [5, 5.41) is 0. The molecule has 0 radical (unpaired) electrons. The fourth-order valence-corrected chi connectivity index (χ4v) is 1.64. The molecule has 0 saturated carbocycles. The number of fused-ring (bicyclic) bond motifs is 1. The van der Waals surface area contributed by atoms with Gasteiger partial charge in [0.15, 0.2) is 0 Å². The largest absolute Gasteiger partial charge is 0.465 e. The van der Waals surface area contributed by atoms with Gasteiger partial charge >= 0.3 is 11.7 Å². The molecule has 0 atom stereocenters. The van der Waals surface area contributed by atoms with Crippen molar-refractivity contribution in [2.45, 2.75) is 34.2 Å². The molecule has 2 aromatic heterocycles. The third-order valence-electron chi connectivity index (χ3n) is 2.41. The summed E-state index contributed by atoms with van der Waals surface area (Å²) in [5.41, 5.74) is 1.03. The highest BCUT2D eigenvalue weighted by Gasteiger charge is 2.09. The standard InChI is InChI=1S/C11H13N3O3.C2H6/c1-3-17-10(15)7-13-5-4-9-12-6-8(2)14(9)11(13)16;1-2/h4-6H,3,7H2,1-2H3;1-2H3. The Morgan fingerprint density at radius 2 is 2.11 bits per heavy atom. The van der Waals surface area contributed by atoms with E-state index in [2.05, 4.69) is 4.98 Å². The topological polar surface area (TPSA) is 65.6 Å². The Balaban J connectivity index is 0.000000861. The number of imidazole rings is 1. The first-order valence-electron chi connectivity index (χ1n) is 6.32. The molecule has 0 aliphatic rings. The molecule has 0 spiro atoms. The molecule has 0 aliphatic heterocycles. The summed E-state index contributed by atoms with van der Waals surface area (Å²) in [6, 6.07) is 1.69. The van der Waals surface area contributed by atoms with Crippen LogP contribution in [0.1, 0.15) is 26.5 Å². The molecule has 0 saturated heterocycles. The first-order valence-corrected chi connectivity index (χ1v) is 6.32. The predicted molar refractivity (Wildman–Crippen MR) is 72.2 cm³/mol. The lowest BCUT2D eigenvalue weighted by Crippen LogP contribution is -2.29. The summed E-state index contributed by atoms with van der Waals surface area (Å²) in [5.74, 6) is -0.424. The van der Waals surface area contributed by atoms with Gasteiger partial charge < -0.3 is 4.74 Å². The van der Waals surface area contributed by atoms with Crippen molar-refractivity contribution in [2.24, 2.45) is 0 Å². The Hall–Kier alpha value is -2.11. The molecule has 6 heteroatoms. The average molecular weight is 265 g/mol. The Morgan fingerprint density at radius 3 is 2.74 bits per heavy atom. The second kappa shape index (κ2) is 6.72. The molecule has 0 aromatic carbocycles. The van der Waals surface area contributed by atoms with E-state index in [-0.39, 0.29) is 12.2 Å². The molecule has 0 amide bonds. The molecule has 0 unspecified atom stereocenters. The summed E-state index contributed by atoms with van der Waals surface area (Å²) in [7, 11) is 0. The summed E-state index contributed by atoms with van der Waals surface area (Å²) < 4.78 is 7.56. The third-order valence-corrected chi connectivity index (χ3v) is 2.41. The number of nitrogens with zero attached hydrogens (tertiary/aromatic N) is 3. The predicted octanol–water partition coefficient (Wildman–Crippen LogP) is 1.39. The van der Waals surface area contributed by atoms with Crippen molar-refractivity contribution in [3.05, 3.63) is 34.6 Å². The Morgan fingerprint density at radius 1 is 1.42 bits per heavy atom. The molecule has 104 valence electrons. The molecule has 0 aliphatic carbocycles. The van der Waals surface area contributed by atoms with E-state index in [4.69, 9.17) is 4.74 Å². The van der Waals surface area contributed by atoms with Crippen molar-refractivity contribution in [3.63, 3.8) is 0 Å². The quantitative estimate of drug-likeness (QED) is 0.787. The highest BCUT2D eigenvalue weighted by molar-refractivity contribution is 5.69. The number of rotatable bonds is 3. The smallest absolute Gasteiger partial charge is 0.334 e. The minimum atomic E-state index is -0.424. The molecule has 2 rings (SSSR count). The van der Waals surface area contributed by atoms with E-state index in [9.17, 15) is 9.59 Å². The fourth-order valence-electron chi connectivity index (χ4n) is 1.64. The normalized spacial score (nSPS) is 9.89. The van der Waals surface area contributed by atoms with Crippen molar-refractivity contribution in [1.82, 2.24) is 14.0 Å². The van der Waals surface area contributed by atoms with E-state index >= 15 is 0 Å². The lowest BCUT2D eigenvalue weighted by Gasteiger charge is -2.06. The maximum absolute atomic E-state index is 12.0. The van der Waals surface area contributed by atoms with Gasteiger partial charge in [0.05, 0.1) is 6.61 Å². The van der Waals surface area contributed by atoms with E-state index in [1.807, 2.05) is 13.8 Å². The van der Waals surface area contributed by atoms with Crippen molar-refractivity contribution < 1.29 is 9.53 Å². The SMILES string of the molecule is CC.CCOC(=O)Cn1ccc2ncc(C)n2c1=O. The summed E-state index contributed by atoms with van der Waals surface area (Å²) in [4.78, 5) is 27.4. The van der Waals surface area contributed by atoms with Gasteiger partial charge in [-0.2, -0.15) is 0 Å². The minimum Gasteiger partial charge on any atom is -0.465 e. The minimum absolute atomic E-state index is 0.0831. The number of carbonyl (C=O) groups excluding carboxylic acids is 1. The zero-order valence-electron chi connectivity index (χ0n) is 11.7. The van der Waals surface area contributed by atoms with Crippen molar-refractivity contribution in [2.75, 3.05) is 6.61 Å². The number of hydrogen-bond donors (Lipinski definition) is 0. The number of hydrogen-bond acceptors (Lipinski definition) is 4. The number of carbonyl (C=O) groups is 1. The molecule has 6 nitrogen and oxygen atoms in total. The average Bonchev–Trinajstić information content (AvgIpc) is 2.78. The summed E-state index contributed by atoms with van der Waals surface area (Å²) in [6.45, 7) is 7.74. The van der Waals surface area contributed by atoms with E-state index in [1.165, 1.54) is 8.97 Å². The molecule has 2 heterocycles. The lowest BCUT2D eigenvalue weighted by molar-refractivity contribution is -0.143. The summed E-state index contributed by atoms with van der Waals surface area (Å²) >= 11 is 0. The van der Waals surface area contributed by atoms with Crippen LogP contribution < -0.4 is 5.69 Å². The molecular formula is C13H19N3O3. The first kappa shape index (κ1) is 14.9. The van der Waals surface area contributed by atoms with Crippen molar-refractivity contribution in [3.8, 4) is 0 Å². The van der Waals surface area contributed by atoms with Crippen molar-refractivity contribution >= 4 is 11.6 Å².